The van der Waals surface area contributed by atoms with Crippen molar-refractivity contribution in [2.45, 2.75) is 64.1 Å². The lowest BCUT2D eigenvalue weighted by atomic mass is 9.71. The van der Waals surface area contributed by atoms with Gasteiger partial charge in [0.25, 0.3) is 0 Å². The molecular formula is C29H36F4N2O. The number of nitrogens with zero attached hydrogens (tertiary/aromatic N) is 1. The Kier molecular flexibility index (Phi) is 9.71. The van der Waals surface area contributed by atoms with E-state index in [4.69, 9.17) is 5.73 Å². The van der Waals surface area contributed by atoms with E-state index in [-0.39, 0.29) is 18.1 Å². The standard InChI is InChI=1S/C21H28FNO.C8H8F3N/c1-3-15-10-16(14-23(2)20-8-9-21(24)13-20)12-18(11-15)17-4-6-19(22)7-5-17;9-8(10,11)7-3-1-2-6(4-7)5-12/h4-7,13,15-16,18H,3,8-12,14H2,1-2H3;1-4H,5,12H2. The van der Waals surface area contributed by atoms with Crippen molar-refractivity contribution in [3.05, 3.63) is 82.8 Å². The smallest absolute Gasteiger partial charge is 0.377 e. The van der Waals surface area contributed by atoms with Gasteiger partial charge in [-0.3, -0.25) is 4.79 Å². The third-order valence-corrected chi connectivity index (χ3v) is 7.29. The number of hydrogen-bond acceptors (Lipinski definition) is 3. The quantitative estimate of drug-likeness (QED) is 0.428. The van der Waals surface area contributed by atoms with Crippen molar-refractivity contribution in [2.75, 3.05) is 13.6 Å². The number of benzene rings is 2. The molecule has 2 aliphatic rings. The molecule has 0 bridgehead atoms. The van der Waals surface area contributed by atoms with E-state index in [2.05, 4.69) is 18.9 Å². The number of ketones is 1. The Hall–Kier alpha value is -2.67. The highest BCUT2D eigenvalue weighted by Gasteiger charge is 2.31. The van der Waals surface area contributed by atoms with Crippen molar-refractivity contribution in [3.63, 3.8) is 0 Å². The number of allylic oxidation sites excluding steroid dienone is 2. The number of rotatable bonds is 6. The van der Waals surface area contributed by atoms with Crippen LogP contribution in [0, 0.1) is 17.7 Å². The molecule has 0 saturated heterocycles. The first-order valence-electron chi connectivity index (χ1n) is 12.6. The molecule has 1 saturated carbocycles. The topological polar surface area (TPSA) is 46.3 Å². The van der Waals surface area contributed by atoms with Crippen molar-refractivity contribution in [1.29, 1.82) is 0 Å². The molecule has 3 atom stereocenters. The molecule has 196 valence electrons. The second-order valence-corrected chi connectivity index (χ2v) is 9.98. The van der Waals surface area contributed by atoms with E-state index in [1.54, 1.807) is 18.2 Å². The summed E-state index contributed by atoms with van der Waals surface area (Å²) in [6.45, 7) is 3.42. The predicted molar refractivity (Wildman–Crippen MR) is 135 cm³/mol. The Labute approximate surface area is 211 Å². The Balaban J connectivity index is 0.000000253. The molecule has 2 aromatic rings. The minimum atomic E-state index is -4.27. The number of halogens is 4. The van der Waals surface area contributed by atoms with Crippen LogP contribution < -0.4 is 5.73 Å². The summed E-state index contributed by atoms with van der Waals surface area (Å²) in [6.07, 6.45) is 3.94. The summed E-state index contributed by atoms with van der Waals surface area (Å²) in [5.41, 5.74) is 7.50. The lowest BCUT2D eigenvalue weighted by molar-refractivity contribution is -0.137. The van der Waals surface area contributed by atoms with Crippen LogP contribution in [0.1, 0.15) is 68.1 Å². The average Bonchev–Trinajstić information content (AvgIpc) is 3.30. The maximum absolute atomic E-state index is 13.2. The summed E-state index contributed by atoms with van der Waals surface area (Å²) in [7, 11) is 2.12. The summed E-state index contributed by atoms with van der Waals surface area (Å²) >= 11 is 0. The fourth-order valence-electron chi connectivity index (χ4n) is 5.32. The largest absolute Gasteiger partial charge is 0.416 e. The molecule has 3 nitrogen and oxygen atoms in total. The van der Waals surface area contributed by atoms with Crippen LogP contribution in [0.25, 0.3) is 0 Å². The van der Waals surface area contributed by atoms with Gasteiger partial charge in [0.15, 0.2) is 5.78 Å². The normalized spacial score (nSPS) is 22.0. The Bertz CT molecular complexity index is 1030. The van der Waals surface area contributed by atoms with E-state index >= 15 is 0 Å². The highest BCUT2D eigenvalue weighted by molar-refractivity contribution is 5.92. The van der Waals surface area contributed by atoms with Crippen molar-refractivity contribution >= 4 is 5.78 Å². The van der Waals surface area contributed by atoms with Gasteiger partial charge in [-0.1, -0.05) is 43.7 Å². The molecule has 2 N–H and O–H groups in total. The molecule has 0 heterocycles. The number of carbonyl (C=O) groups is 1. The third kappa shape index (κ3) is 7.92. The van der Waals surface area contributed by atoms with E-state index in [9.17, 15) is 22.4 Å². The van der Waals surface area contributed by atoms with Crippen LogP contribution in [-0.4, -0.2) is 24.3 Å². The van der Waals surface area contributed by atoms with Crippen LogP contribution in [0.2, 0.25) is 0 Å². The zero-order chi connectivity index (χ0) is 26.3. The van der Waals surface area contributed by atoms with Crippen LogP contribution in [0.5, 0.6) is 0 Å². The highest BCUT2D eigenvalue weighted by atomic mass is 19.4. The minimum absolute atomic E-state index is 0.129. The highest BCUT2D eigenvalue weighted by Crippen LogP contribution is 2.41. The second kappa shape index (κ2) is 12.5. The molecule has 2 aliphatic carbocycles. The molecule has 0 aromatic heterocycles. The molecule has 7 heteroatoms. The van der Waals surface area contributed by atoms with Gasteiger partial charge in [0.05, 0.1) is 5.56 Å². The van der Waals surface area contributed by atoms with E-state index in [0.717, 1.165) is 37.4 Å². The summed E-state index contributed by atoms with van der Waals surface area (Å²) in [4.78, 5) is 13.8. The fourth-order valence-corrected chi connectivity index (χ4v) is 5.32. The van der Waals surface area contributed by atoms with E-state index in [1.807, 2.05) is 18.2 Å². The fraction of sp³-hybridized carbons (Fsp3) is 0.483. The maximum atomic E-state index is 13.2. The Morgan fingerprint density at radius 1 is 1.00 bits per heavy atom. The second-order valence-electron chi connectivity index (χ2n) is 9.98. The van der Waals surface area contributed by atoms with Crippen LogP contribution in [-0.2, 0) is 17.5 Å². The molecule has 1 fully saturated rings. The van der Waals surface area contributed by atoms with Gasteiger partial charge in [-0.15, -0.1) is 0 Å². The first kappa shape index (κ1) is 27.9. The van der Waals surface area contributed by atoms with Crippen LogP contribution in [0.15, 0.2) is 60.3 Å². The lowest BCUT2D eigenvalue weighted by Gasteiger charge is -2.37. The molecule has 3 unspecified atom stereocenters. The van der Waals surface area contributed by atoms with Gasteiger partial charge in [-0.05, 0) is 72.8 Å². The molecule has 0 aliphatic heterocycles. The molecule has 2 aromatic carbocycles. The van der Waals surface area contributed by atoms with Crippen LogP contribution in [0.3, 0.4) is 0 Å². The zero-order valence-electron chi connectivity index (χ0n) is 21.0. The van der Waals surface area contributed by atoms with Gasteiger partial charge in [-0.2, -0.15) is 13.2 Å². The summed E-state index contributed by atoms with van der Waals surface area (Å²) in [6, 6.07) is 12.1. The predicted octanol–water partition coefficient (Wildman–Crippen LogP) is 7.08. The van der Waals surface area contributed by atoms with Crippen LogP contribution in [0.4, 0.5) is 17.6 Å². The van der Waals surface area contributed by atoms with Gasteiger partial charge in [0, 0.05) is 38.3 Å². The van der Waals surface area contributed by atoms with E-state index in [1.165, 1.54) is 36.6 Å². The van der Waals surface area contributed by atoms with Gasteiger partial charge < -0.3 is 10.6 Å². The van der Waals surface area contributed by atoms with Crippen molar-refractivity contribution in [2.24, 2.45) is 17.6 Å². The summed E-state index contributed by atoms with van der Waals surface area (Å²) in [5, 5.41) is 0. The molecule has 0 spiro atoms. The molecular weight excluding hydrogens is 468 g/mol. The van der Waals surface area contributed by atoms with Crippen LogP contribution >= 0.6 is 0 Å². The number of nitrogens with two attached hydrogens (primary N) is 1. The molecule has 0 amide bonds. The number of hydrogen-bond donors (Lipinski definition) is 1. The minimum Gasteiger partial charge on any atom is -0.377 e. The molecule has 36 heavy (non-hydrogen) atoms. The molecule has 4 rings (SSSR count). The summed E-state index contributed by atoms with van der Waals surface area (Å²) in [5.74, 6) is 2.01. The van der Waals surface area contributed by atoms with E-state index < -0.39 is 11.7 Å². The number of alkyl halides is 3. The van der Waals surface area contributed by atoms with Gasteiger partial charge in [0.2, 0.25) is 0 Å². The lowest BCUT2D eigenvalue weighted by Crippen LogP contribution is -2.31. The maximum Gasteiger partial charge on any atom is 0.416 e. The van der Waals surface area contributed by atoms with Crippen molar-refractivity contribution in [1.82, 2.24) is 4.90 Å². The Morgan fingerprint density at radius 2 is 1.69 bits per heavy atom. The Morgan fingerprint density at radius 3 is 2.28 bits per heavy atom. The monoisotopic (exact) mass is 504 g/mol. The number of carbonyl (C=O) groups excluding carboxylic acids is 1. The first-order valence-corrected chi connectivity index (χ1v) is 12.6. The van der Waals surface area contributed by atoms with Crippen molar-refractivity contribution in [3.8, 4) is 0 Å². The van der Waals surface area contributed by atoms with Gasteiger partial charge in [0.1, 0.15) is 5.82 Å². The van der Waals surface area contributed by atoms with Crippen molar-refractivity contribution < 1.29 is 22.4 Å². The van der Waals surface area contributed by atoms with Gasteiger partial charge >= 0.3 is 6.18 Å². The SMILES string of the molecule is CCC1CC(CN(C)C2=CC(=O)CC2)CC(c2ccc(F)cc2)C1.NCc1cccc(C(F)(F)F)c1. The zero-order valence-corrected chi connectivity index (χ0v) is 21.0. The van der Waals surface area contributed by atoms with Gasteiger partial charge in [-0.25, -0.2) is 4.39 Å². The average molecular weight is 505 g/mol. The molecule has 0 radical (unpaired) electrons. The summed E-state index contributed by atoms with van der Waals surface area (Å²) < 4.78 is 49.4. The first-order chi connectivity index (χ1) is 17.1. The van der Waals surface area contributed by atoms with E-state index in [0.29, 0.717) is 23.8 Å². The third-order valence-electron chi connectivity index (χ3n) is 7.29.